The summed E-state index contributed by atoms with van der Waals surface area (Å²) in [5.41, 5.74) is 0.554. The number of amides is 2. The van der Waals surface area contributed by atoms with E-state index < -0.39 is 10.8 Å². The van der Waals surface area contributed by atoms with Crippen LogP contribution in [0.3, 0.4) is 0 Å². The monoisotopic (exact) mass is 303 g/mol. The van der Waals surface area contributed by atoms with Crippen molar-refractivity contribution in [3.63, 3.8) is 0 Å². The Morgan fingerprint density at radius 2 is 2.11 bits per heavy atom. The standard InChI is InChI=1S/C12H18ClN3O2S/c1-12(2,3)19(18)7-6-14-11(17)16-9-4-5-10(13)15-8-9/h4-5,8H,6-7H2,1-3H3,(H2,14,16,17)/t19-/m1/s1. The highest BCUT2D eigenvalue weighted by molar-refractivity contribution is 7.86. The maximum atomic E-state index is 11.8. The Bertz CT molecular complexity index is 457. The zero-order chi connectivity index (χ0) is 14.5. The van der Waals surface area contributed by atoms with Gasteiger partial charge in [0, 0.05) is 27.8 Å². The van der Waals surface area contributed by atoms with Gasteiger partial charge in [0.1, 0.15) is 5.15 Å². The molecular weight excluding hydrogens is 286 g/mol. The molecule has 1 rings (SSSR count). The van der Waals surface area contributed by atoms with Crippen molar-refractivity contribution >= 4 is 34.1 Å². The van der Waals surface area contributed by atoms with Crippen LogP contribution in [0.25, 0.3) is 0 Å². The molecule has 0 unspecified atom stereocenters. The minimum atomic E-state index is -0.976. The van der Waals surface area contributed by atoms with E-state index in [2.05, 4.69) is 15.6 Å². The van der Waals surface area contributed by atoms with E-state index >= 15 is 0 Å². The van der Waals surface area contributed by atoms with Gasteiger partial charge < -0.3 is 10.6 Å². The summed E-state index contributed by atoms with van der Waals surface area (Å²) in [6.07, 6.45) is 1.47. The van der Waals surface area contributed by atoms with Crippen molar-refractivity contribution in [3.8, 4) is 0 Å². The summed E-state index contributed by atoms with van der Waals surface area (Å²) in [6.45, 7) is 6.07. The number of hydrogen-bond donors (Lipinski definition) is 2. The van der Waals surface area contributed by atoms with Crippen molar-refractivity contribution in [2.24, 2.45) is 0 Å². The summed E-state index contributed by atoms with van der Waals surface area (Å²) in [4.78, 5) is 15.4. The van der Waals surface area contributed by atoms with Gasteiger partial charge in [-0.2, -0.15) is 0 Å². The van der Waals surface area contributed by atoms with Gasteiger partial charge >= 0.3 is 6.03 Å². The van der Waals surface area contributed by atoms with Crippen molar-refractivity contribution in [2.75, 3.05) is 17.6 Å². The normalized spacial score (nSPS) is 12.8. The van der Waals surface area contributed by atoms with Crippen molar-refractivity contribution in [2.45, 2.75) is 25.5 Å². The first-order chi connectivity index (χ1) is 8.79. The smallest absolute Gasteiger partial charge is 0.319 e. The molecule has 0 aliphatic heterocycles. The van der Waals surface area contributed by atoms with Gasteiger partial charge in [0.05, 0.1) is 11.9 Å². The maximum absolute atomic E-state index is 11.8. The highest BCUT2D eigenvalue weighted by atomic mass is 35.5. The molecule has 1 atom stereocenters. The lowest BCUT2D eigenvalue weighted by molar-refractivity contribution is 0.252. The number of aromatic nitrogens is 1. The summed E-state index contributed by atoms with van der Waals surface area (Å²) in [6, 6.07) is 2.89. The fourth-order valence-corrected chi connectivity index (χ4v) is 2.20. The lowest BCUT2D eigenvalue weighted by Crippen LogP contribution is -2.35. The van der Waals surface area contributed by atoms with E-state index in [9.17, 15) is 9.00 Å². The minimum absolute atomic E-state index is 0.266. The van der Waals surface area contributed by atoms with Crippen LogP contribution in [-0.4, -0.2) is 32.3 Å². The predicted octanol–water partition coefficient (Wildman–Crippen LogP) is 2.40. The minimum Gasteiger partial charge on any atom is -0.337 e. The van der Waals surface area contributed by atoms with E-state index in [1.807, 2.05) is 20.8 Å². The third-order valence-electron chi connectivity index (χ3n) is 2.24. The number of anilines is 1. The van der Waals surface area contributed by atoms with E-state index in [1.165, 1.54) is 6.20 Å². The Morgan fingerprint density at radius 1 is 1.42 bits per heavy atom. The van der Waals surface area contributed by atoms with Crippen LogP contribution >= 0.6 is 11.6 Å². The number of carbonyl (C=O) groups is 1. The van der Waals surface area contributed by atoms with Crippen LogP contribution in [0.15, 0.2) is 18.3 Å². The van der Waals surface area contributed by atoms with Crippen molar-refractivity contribution in [1.82, 2.24) is 10.3 Å². The molecule has 0 saturated heterocycles. The first kappa shape index (κ1) is 15.9. The van der Waals surface area contributed by atoms with E-state index in [1.54, 1.807) is 12.1 Å². The molecule has 1 heterocycles. The summed E-state index contributed by atoms with van der Waals surface area (Å²) < 4.78 is 11.5. The zero-order valence-electron chi connectivity index (χ0n) is 11.2. The summed E-state index contributed by atoms with van der Waals surface area (Å²) in [7, 11) is -0.976. The molecule has 1 aromatic heterocycles. The number of urea groups is 1. The van der Waals surface area contributed by atoms with Gasteiger partial charge in [0.25, 0.3) is 0 Å². The van der Waals surface area contributed by atoms with E-state index in [-0.39, 0.29) is 10.8 Å². The predicted molar refractivity (Wildman–Crippen MR) is 79.0 cm³/mol. The highest BCUT2D eigenvalue weighted by Crippen LogP contribution is 2.11. The molecule has 2 amide bonds. The lowest BCUT2D eigenvalue weighted by atomic mass is 10.3. The van der Waals surface area contributed by atoms with Gasteiger partial charge in [-0.1, -0.05) is 11.6 Å². The van der Waals surface area contributed by atoms with Crippen LogP contribution < -0.4 is 10.6 Å². The average molecular weight is 304 g/mol. The molecule has 0 fully saturated rings. The molecule has 0 aliphatic carbocycles. The lowest BCUT2D eigenvalue weighted by Gasteiger charge is -2.17. The van der Waals surface area contributed by atoms with E-state index in [0.717, 1.165) is 0 Å². The Hall–Kier alpha value is -1.14. The fraction of sp³-hybridized carbons (Fsp3) is 0.500. The van der Waals surface area contributed by atoms with E-state index in [4.69, 9.17) is 11.6 Å². The number of nitrogens with one attached hydrogen (secondary N) is 2. The summed E-state index contributed by atoms with van der Waals surface area (Å²) in [5.74, 6) is 0.426. The third kappa shape index (κ3) is 6.02. The molecule has 0 spiro atoms. The number of pyridine rings is 1. The average Bonchev–Trinajstić information content (AvgIpc) is 2.31. The third-order valence-corrected chi connectivity index (χ3v) is 4.41. The molecule has 0 aliphatic rings. The number of nitrogens with zero attached hydrogens (tertiary/aromatic N) is 1. The highest BCUT2D eigenvalue weighted by Gasteiger charge is 2.18. The van der Waals surface area contributed by atoms with Crippen LogP contribution in [0.1, 0.15) is 20.8 Å². The molecule has 19 heavy (non-hydrogen) atoms. The van der Waals surface area contributed by atoms with Crippen molar-refractivity contribution in [1.29, 1.82) is 0 Å². The summed E-state index contributed by atoms with van der Waals surface area (Å²) in [5, 5.41) is 5.62. The second kappa shape index (κ2) is 6.86. The molecule has 1 aromatic rings. The summed E-state index contributed by atoms with van der Waals surface area (Å²) >= 11 is 5.64. The molecule has 2 N–H and O–H groups in total. The SMILES string of the molecule is CC(C)(C)[S@](=O)CCNC(=O)Nc1ccc(Cl)nc1. The van der Waals surface area contributed by atoms with Crippen LogP contribution in [-0.2, 0) is 10.8 Å². The quantitative estimate of drug-likeness (QED) is 0.839. The zero-order valence-corrected chi connectivity index (χ0v) is 12.8. The second-order valence-corrected chi connectivity index (χ2v) is 7.62. The van der Waals surface area contributed by atoms with E-state index in [0.29, 0.717) is 23.1 Å². The van der Waals surface area contributed by atoms with Crippen LogP contribution in [0.5, 0.6) is 0 Å². The van der Waals surface area contributed by atoms with Gasteiger partial charge in [0.15, 0.2) is 0 Å². The van der Waals surface area contributed by atoms with Gasteiger partial charge in [-0.05, 0) is 32.9 Å². The van der Waals surface area contributed by atoms with Gasteiger partial charge in [-0.15, -0.1) is 0 Å². The first-order valence-electron chi connectivity index (χ1n) is 5.84. The van der Waals surface area contributed by atoms with Crippen molar-refractivity contribution < 1.29 is 9.00 Å². The molecule has 5 nitrogen and oxygen atoms in total. The Kier molecular flexibility index (Phi) is 5.75. The van der Waals surface area contributed by atoms with Crippen LogP contribution in [0.2, 0.25) is 5.15 Å². The molecule has 0 saturated carbocycles. The molecule has 0 radical (unpaired) electrons. The molecule has 106 valence electrons. The fourth-order valence-electron chi connectivity index (χ4n) is 1.19. The molecule has 7 heteroatoms. The number of halogens is 1. The topological polar surface area (TPSA) is 71.1 Å². The van der Waals surface area contributed by atoms with Crippen LogP contribution in [0.4, 0.5) is 10.5 Å². The second-order valence-electron chi connectivity index (χ2n) is 4.91. The molecule has 0 aromatic carbocycles. The molecule has 0 bridgehead atoms. The van der Waals surface area contributed by atoms with Gasteiger partial charge in [-0.25, -0.2) is 9.78 Å². The van der Waals surface area contributed by atoms with Crippen molar-refractivity contribution in [3.05, 3.63) is 23.5 Å². The van der Waals surface area contributed by atoms with Gasteiger partial charge in [-0.3, -0.25) is 4.21 Å². The van der Waals surface area contributed by atoms with Gasteiger partial charge in [0.2, 0.25) is 0 Å². The molecular formula is C12H18ClN3O2S. The van der Waals surface area contributed by atoms with Crippen LogP contribution in [0, 0.1) is 0 Å². The Labute approximate surface area is 120 Å². The Balaban J connectivity index is 2.33. The maximum Gasteiger partial charge on any atom is 0.319 e. The number of rotatable bonds is 4. The number of carbonyl (C=O) groups excluding carboxylic acids is 1. The first-order valence-corrected chi connectivity index (χ1v) is 7.53. The number of hydrogen-bond acceptors (Lipinski definition) is 3. The Morgan fingerprint density at radius 3 is 2.63 bits per heavy atom. The largest absolute Gasteiger partial charge is 0.337 e.